The van der Waals surface area contributed by atoms with Gasteiger partial charge in [-0.05, 0) is 49.9 Å². The van der Waals surface area contributed by atoms with Crippen LogP contribution in [0, 0.1) is 5.92 Å². The first-order valence-electron chi connectivity index (χ1n) is 8.46. The van der Waals surface area contributed by atoms with Gasteiger partial charge in [0.25, 0.3) is 5.56 Å². The molecule has 15 heteroatoms. The number of benzene rings is 1. The van der Waals surface area contributed by atoms with Crippen LogP contribution in [0.1, 0.15) is 30.7 Å². The van der Waals surface area contributed by atoms with Crippen LogP contribution in [0.15, 0.2) is 25.9 Å². The highest BCUT2D eigenvalue weighted by atomic mass is 79.9. The Morgan fingerprint density at radius 3 is 1.94 bits per heavy atom. The Morgan fingerprint density at radius 1 is 0.938 bits per heavy atom. The lowest BCUT2D eigenvalue weighted by Gasteiger charge is -2.21. The van der Waals surface area contributed by atoms with E-state index in [1.807, 2.05) is 5.32 Å². The van der Waals surface area contributed by atoms with Gasteiger partial charge in [0.15, 0.2) is 5.69 Å². The second-order valence-electron chi connectivity index (χ2n) is 6.91. The zero-order valence-electron chi connectivity index (χ0n) is 15.9. The van der Waals surface area contributed by atoms with Crippen LogP contribution >= 0.6 is 31.9 Å². The predicted octanol–water partition coefficient (Wildman–Crippen LogP) is 7.22. The molecule has 4 nitrogen and oxygen atoms in total. The number of halogens is 11. The van der Waals surface area contributed by atoms with E-state index in [9.17, 15) is 44.3 Å². The van der Waals surface area contributed by atoms with Crippen LogP contribution in [0.4, 0.5) is 51.1 Å². The summed E-state index contributed by atoms with van der Waals surface area (Å²) in [5, 5.41) is 2.04. The first-order valence-corrected chi connectivity index (χ1v) is 10.0. The quantitative estimate of drug-likeness (QED) is 0.375. The van der Waals surface area contributed by atoms with Gasteiger partial charge < -0.3 is 5.32 Å². The number of alkyl halides is 9. The highest BCUT2D eigenvalue weighted by Gasteiger charge is 2.40. The van der Waals surface area contributed by atoms with E-state index < -0.39 is 61.5 Å². The standard InChI is InChI=1S/C17H12Br2F9N3O/c1-6(2)5-31-13(32)11(19)12(17(26,27)28)30-14(31)29-9-4-7(15(20,21)22)3-8(10(9)18)16(23,24)25/h3-4,6H,5H2,1-2H3,(H,29,30). The molecule has 0 bridgehead atoms. The van der Waals surface area contributed by atoms with E-state index in [0.29, 0.717) is 4.57 Å². The average molecular weight is 605 g/mol. The minimum absolute atomic E-state index is 0.146. The third-order valence-electron chi connectivity index (χ3n) is 3.88. The van der Waals surface area contributed by atoms with Crippen molar-refractivity contribution >= 4 is 43.5 Å². The second-order valence-corrected chi connectivity index (χ2v) is 8.50. The van der Waals surface area contributed by atoms with Crippen molar-refractivity contribution in [2.45, 2.75) is 38.9 Å². The Balaban J connectivity index is 2.83. The van der Waals surface area contributed by atoms with E-state index in [1.165, 1.54) is 0 Å². The zero-order chi connectivity index (χ0) is 24.8. The van der Waals surface area contributed by atoms with Crippen molar-refractivity contribution < 1.29 is 39.5 Å². The van der Waals surface area contributed by atoms with E-state index in [0.717, 1.165) is 0 Å². The van der Waals surface area contributed by atoms with Gasteiger partial charge in [-0.25, -0.2) is 4.98 Å². The van der Waals surface area contributed by atoms with Crippen LogP contribution in [0.25, 0.3) is 0 Å². The molecule has 0 atom stereocenters. The number of anilines is 2. The van der Waals surface area contributed by atoms with Crippen molar-refractivity contribution in [3.8, 4) is 0 Å². The number of hydrogen-bond acceptors (Lipinski definition) is 3. The summed E-state index contributed by atoms with van der Waals surface area (Å²) in [7, 11) is 0. The van der Waals surface area contributed by atoms with E-state index in [2.05, 4.69) is 36.8 Å². The molecule has 1 N–H and O–H groups in total. The molecule has 0 saturated carbocycles. The monoisotopic (exact) mass is 603 g/mol. The van der Waals surface area contributed by atoms with Crippen LogP contribution in [-0.2, 0) is 25.1 Å². The van der Waals surface area contributed by atoms with Crippen LogP contribution in [0.5, 0.6) is 0 Å². The number of nitrogens with zero attached hydrogens (tertiary/aromatic N) is 2. The van der Waals surface area contributed by atoms with Gasteiger partial charge in [-0.1, -0.05) is 13.8 Å². The molecule has 32 heavy (non-hydrogen) atoms. The summed E-state index contributed by atoms with van der Waals surface area (Å²) >= 11 is 5.06. The molecule has 1 aromatic heterocycles. The highest BCUT2D eigenvalue weighted by molar-refractivity contribution is 9.11. The predicted molar refractivity (Wildman–Crippen MR) is 103 cm³/mol. The van der Waals surface area contributed by atoms with Gasteiger partial charge in [0.1, 0.15) is 4.47 Å². The molecule has 0 spiro atoms. The molecule has 0 unspecified atom stereocenters. The number of rotatable bonds is 4. The largest absolute Gasteiger partial charge is 0.434 e. The van der Waals surface area contributed by atoms with E-state index in [1.54, 1.807) is 13.8 Å². The number of hydrogen-bond donors (Lipinski definition) is 1. The summed E-state index contributed by atoms with van der Waals surface area (Å²) in [6.45, 7) is 2.95. The van der Waals surface area contributed by atoms with Crippen LogP contribution in [0.3, 0.4) is 0 Å². The zero-order valence-corrected chi connectivity index (χ0v) is 19.1. The van der Waals surface area contributed by atoms with Crippen LogP contribution < -0.4 is 10.9 Å². The van der Waals surface area contributed by atoms with Gasteiger partial charge in [0, 0.05) is 6.54 Å². The maximum Gasteiger partial charge on any atom is 0.434 e. The fourth-order valence-corrected chi connectivity index (χ4v) is 3.64. The fourth-order valence-electron chi connectivity index (χ4n) is 2.55. The maximum atomic E-state index is 13.3. The summed E-state index contributed by atoms with van der Waals surface area (Å²) in [6, 6.07) is 0.118. The van der Waals surface area contributed by atoms with Gasteiger partial charge in [0.2, 0.25) is 5.95 Å². The summed E-state index contributed by atoms with van der Waals surface area (Å²) < 4.78 is 118. The fraction of sp³-hybridized carbons (Fsp3) is 0.412. The SMILES string of the molecule is CC(C)Cn1c(Nc2cc(C(F)(F)F)cc(C(F)(F)F)c2Br)nc(C(F)(F)F)c(Br)c1=O. The summed E-state index contributed by atoms with van der Waals surface area (Å²) in [6.07, 6.45) is -15.6. The molecule has 0 radical (unpaired) electrons. The van der Waals surface area contributed by atoms with E-state index in [-0.39, 0.29) is 24.6 Å². The molecule has 0 saturated heterocycles. The van der Waals surface area contributed by atoms with Gasteiger partial charge >= 0.3 is 18.5 Å². The third-order valence-corrected chi connectivity index (χ3v) is 5.45. The minimum Gasteiger partial charge on any atom is -0.324 e. The second kappa shape index (κ2) is 8.88. The lowest BCUT2D eigenvalue weighted by atomic mass is 10.1. The van der Waals surface area contributed by atoms with Crippen LogP contribution in [0.2, 0.25) is 0 Å². The minimum atomic E-state index is -5.22. The normalized spacial score (nSPS) is 13.1. The Labute approximate surface area is 191 Å². The van der Waals surface area contributed by atoms with Crippen LogP contribution in [-0.4, -0.2) is 9.55 Å². The van der Waals surface area contributed by atoms with Gasteiger partial charge in [-0.2, -0.15) is 39.5 Å². The smallest absolute Gasteiger partial charge is 0.324 e. The van der Waals surface area contributed by atoms with Gasteiger partial charge in [-0.3, -0.25) is 9.36 Å². The molecule has 0 aliphatic rings. The molecule has 1 heterocycles. The van der Waals surface area contributed by atoms with E-state index >= 15 is 0 Å². The molecule has 0 aliphatic carbocycles. The van der Waals surface area contributed by atoms with Crippen molar-refractivity contribution in [3.05, 3.63) is 48.3 Å². The average Bonchev–Trinajstić information content (AvgIpc) is 2.59. The molecule has 2 rings (SSSR count). The Morgan fingerprint density at radius 2 is 1.50 bits per heavy atom. The third kappa shape index (κ3) is 5.77. The summed E-state index contributed by atoms with van der Waals surface area (Å²) in [5.41, 5.74) is -7.22. The Bertz CT molecular complexity index is 1070. The molecule has 1 aromatic carbocycles. The Kier molecular flexibility index (Phi) is 7.35. The van der Waals surface area contributed by atoms with Crippen molar-refractivity contribution in [1.29, 1.82) is 0 Å². The lowest BCUT2D eigenvalue weighted by molar-refractivity contribution is -0.143. The first kappa shape index (κ1) is 26.5. The van der Waals surface area contributed by atoms with Crippen molar-refractivity contribution in [1.82, 2.24) is 9.55 Å². The van der Waals surface area contributed by atoms with Crippen molar-refractivity contribution in [2.24, 2.45) is 5.92 Å². The maximum absolute atomic E-state index is 13.3. The van der Waals surface area contributed by atoms with Gasteiger partial charge in [-0.15, -0.1) is 0 Å². The summed E-state index contributed by atoms with van der Waals surface area (Å²) in [4.78, 5) is 15.8. The Hall–Kier alpha value is -1.77. The topological polar surface area (TPSA) is 46.9 Å². The molecular formula is C17H12Br2F9N3O. The number of aromatic nitrogens is 2. The molecule has 2 aromatic rings. The van der Waals surface area contributed by atoms with E-state index in [4.69, 9.17) is 0 Å². The first-order chi connectivity index (χ1) is 14.3. The highest BCUT2D eigenvalue weighted by Crippen LogP contribution is 2.44. The van der Waals surface area contributed by atoms with Gasteiger partial charge in [0.05, 0.1) is 21.3 Å². The van der Waals surface area contributed by atoms with Crippen molar-refractivity contribution in [2.75, 3.05) is 5.32 Å². The van der Waals surface area contributed by atoms with Crippen molar-refractivity contribution in [3.63, 3.8) is 0 Å². The molecule has 0 aliphatic heterocycles. The molecule has 0 fully saturated rings. The summed E-state index contributed by atoms with van der Waals surface area (Å²) in [5.74, 6) is -1.22. The molecule has 0 amide bonds. The molecule has 178 valence electrons. The molecular weight excluding hydrogens is 593 g/mol. The number of nitrogens with one attached hydrogen (secondary N) is 1. The lowest BCUT2D eigenvalue weighted by Crippen LogP contribution is -2.30.